The molecular formula is C7H10N2OS. The zero-order chi connectivity index (χ0) is 8.27. The number of nitrogens with zero attached hydrogens (tertiary/aromatic N) is 1. The van der Waals surface area contributed by atoms with Crippen LogP contribution in [0, 0.1) is 0 Å². The predicted octanol–water partition coefficient (Wildman–Crippen LogP) is 1.50. The molecule has 3 nitrogen and oxygen atoms in total. The lowest BCUT2D eigenvalue weighted by atomic mass is 10.3. The Morgan fingerprint density at radius 1 is 1.82 bits per heavy atom. The van der Waals surface area contributed by atoms with Gasteiger partial charge in [0.15, 0.2) is 0 Å². The molecule has 1 N–H and O–H groups in total. The minimum atomic E-state index is -0.216. The minimum Gasteiger partial charge on any atom is -0.367 e. The molecule has 0 saturated carbocycles. The van der Waals surface area contributed by atoms with Crippen LogP contribution in [0.5, 0.6) is 0 Å². The Balaban J connectivity index is 2.50. The lowest BCUT2D eigenvalue weighted by Crippen LogP contribution is -2.19. The van der Waals surface area contributed by atoms with E-state index in [-0.39, 0.29) is 5.24 Å². The molecule has 0 spiro atoms. The van der Waals surface area contributed by atoms with Crippen molar-refractivity contribution in [1.82, 2.24) is 9.88 Å². The van der Waals surface area contributed by atoms with Crippen molar-refractivity contribution in [3.63, 3.8) is 0 Å². The van der Waals surface area contributed by atoms with E-state index in [0.717, 1.165) is 5.56 Å². The summed E-state index contributed by atoms with van der Waals surface area (Å²) in [6.45, 7) is 0.603. The van der Waals surface area contributed by atoms with Crippen LogP contribution < -0.4 is 0 Å². The fourth-order valence-corrected chi connectivity index (χ4v) is 0.869. The van der Waals surface area contributed by atoms with Crippen LogP contribution in [0.15, 0.2) is 18.5 Å². The molecule has 0 radical (unpaired) electrons. The average molecular weight is 170 g/mol. The molecule has 1 aromatic rings. The van der Waals surface area contributed by atoms with Crippen molar-refractivity contribution in [3.05, 3.63) is 24.0 Å². The van der Waals surface area contributed by atoms with E-state index in [0.29, 0.717) is 6.54 Å². The molecule has 1 rings (SSSR count). The number of carbonyl (C=O) groups excluding carboxylic acids is 1. The second-order valence-electron chi connectivity index (χ2n) is 2.36. The summed E-state index contributed by atoms with van der Waals surface area (Å²) < 4.78 is 0. The molecule has 0 bridgehead atoms. The number of amides is 1. The van der Waals surface area contributed by atoms with Crippen molar-refractivity contribution >= 4 is 17.9 Å². The van der Waals surface area contributed by atoms with Crippen LogP contribution in [0.1, 0.15) is 5.56 Å². The highest BCUT2D eigenvalue weighted by Crippen LogP contribution is 2.02. The van der Waals surface area contributed by atoms with Crippen molar-refractivity contribution in [2.45, 2.75) is 6.54 Å². The maximum absolute atomic E-state index is 10.6. The lowest BCUT2D eigenvalue weighted by Gasteiger charge is -2.11. The maximum Gasteiger partial charge on any atom is 0.278 e. The monoisotopic (exact) mass is 170 g/mol. The summed E-state index contributed by atoms with van der Waals surface area (Å²) in [5.41, 5.74) is 1.08. The molecule has 0 unspecified atom stereocenters. The van der Waals surface area contributed by atoms with Crippen LogP contribution in [0.4, 0.5) is 4.79 Å². The summed E-state index contributed by atoms with van der Waals surface area (Å²) in [5, 5.41) is -0.216. The lowest BCUT2D eigenvalue weighted by molar-refractivity contribution is 0.232. The largest absolute Gasteiger partial charge is 0.367 e. The molecule has 60 valence electrons. The van der Waals surface area contributed by atoms with Crippen LogP contribution in [0.2, 0.25) is 0 Å². The third kappa shape index (κ3) is 2.31. The van der Waals surface area contributed by atoms with Gasteiger partial charge in [0.05, 0.1) is 0 Å². The average Bonchev–Trinajstić information content (AvgIpc) is 2.39. The molecule has 4 heteroatoms. The maximum atomic E-state index is 10.6. The topological polar surface area (TPSA) is 36.1 Å². The first-order valence-electron chi connectivity index (χ1n) is 3.26. The van der Waals surface area contributed by atoms with E-state index >= 15 is 0 Å². The number of rotatable bonds is 2. The summed E-state index contributed by atoms with van der Waals surface area (Å²) >= 11 is 3.68. The summed E-state index contributed by atoms with van der Waals surface area (Å²) in [7, 11) is 1.71. The molecule has 0 aliphatic carbocycles. The van der Waals surface area contributed by atoms with E-state index in [2.05, 4.69) is 17.6 Å². The van der Waals surface area contributed by atoms with E-state index in [9.17, 15) is 4.79 Å². The first kappa shape index (κ1) is 8.20. The Morgan fingerprint density at radius 2 is 2.55 bits per heavy atom. The third-order valence-corrected chi connectivity index (χ3v) is 1.75. The van der Waals surface area contributed by atoms with Crippen LogP contribution in [-0.2, 0) is 6.54 Å². The molecule has 0 aliphatic heterocycles. The van der Waals surface area contributed by atoms with E-state index in [1.165, 1.54) is 4.90 Å². The molecule has 0 aliphatic rings. The highest BCUT2D eigenvalue weighted by Gasteiger charge is 2.02. The highest BCUT2D eigenvalue weighted by molar-refractivity contribution is 7.96. The van der Waals surface area contributed by atoms with Crippen molar-refractivity contribution in [1.29, 1.82) is 0 Å². The third-order valence-electron chi connectivity index (χ3n) is 1.41. The van der Waals surface area contributed by atoms with Gasteiger partial charge in [-0.2, -0.15) is 0 Å². The van der Waals surface area contributed by atoms with Crippen molar-refractivity contribution < 1.29 is 4.79 Å². The Labute approximate surface area is 70.8 Å². The van der Waals surface area contributed by atoms with Gasteiger partial charge in [-0.3, -0.25) is 4.79 Å². The molecule has 11 heavy (non-hydrogen) atoms. The molecular weight excluding hydrogens is 160 g/mol. The van der Waals surface area contributed by atoms with Gasteiger partial charge in [-0.1, -0.05) is 12.6 Å². The van der Waals surface area contributed by atoms with Gasteiger partial charge in [-0.15, -0.1) is 0 Å². The van der Waals surface area contributed by atoms with Gasteiger partial charge < -0.3 is 9.88 Å². The summed E-state index contributed by atoms with van der Waals surface area (Å²) in [4.78, 5) is 15.1. The molecule has 1 heterocycles. The predicted molar refractivity (Wildman–Crippen MR) is 46.6 cm³/mol. The molecule has 1 aromatic heterocycles. The number of aromatic nitrogens is 1. The highest BCUT2D eigenvalue weighted by atomic mass is 32.1. The van der Waals surface area contributed by atoms with Gasteiger partial charge >= 0.3 is 0 Å². The van der Waals surface area contributed by atoms with Gasteiger partial charge in [0.1, 0.15) is 0 Å². The van der Waals surface area contributed by atoms with Crippen molar-refractivity contribution in [2.75, 3.05) is 7.05 Å². The van der Waals surface area contributed by atoms with Gasteiger partial charge in [-0.25, -0.2) is 0 Å². The number of nitrogens with one attached hydrogen (secondary N) is 1. The minimum absolute atomic E-state index is 0.216. The zero-order valence-corrected chi connectivity index (χ0v) is 7.14. The van der Waals surface area contributed by atoms with Crippen LogP contribution in [0.25, 0.3) is 0 Å². The Hall–Kier alpha value is -0.900. The van der Waals surface area contributed by atoms with E-state index in [1.807, 2.05) is 18.5 Å². The number of hydrogen-bond donors (Lipinski definition) is 2. The molecule has 0 aromatic carbocycles. The van der Waals surface area contributed by atoms with E-state index in [1.54, 1.807) is 7.05 Å². The number of thiol groups is 1. The molecule has 1 amide bonds. The summed E-state index contributed by atoms with van der Waals surface area (Å²) in [5.74, 6) is 0. The van der Waals surface area contributed by atoms with Crippen LogP contribution in [0.3, 0.4) is 0 Å². The smallest absolute Gasteiger partial charge is 0.278 e. The van der Waals surface area contributed by atoms with Crippen molar-refractivity contribution in [3.8, 4) is 0 Å². The molecule has 0 saturated heterocycles. The number of H-pyrrole nitrogens is 1. The zero-order valence-electron chi connectivity index (χ0n) is 6.24. The van der Waals surface area contributed by atoms with Crippen LogP contribution >= 0.6 is 12.6 Å². The second kappa shape index (κ2) is 3.48. The van der Waals surface area contributed by atoms with E-state index in [4.69, 9.17) is 0 Å². The first-order valence-corrected chi connectivity index (χ1v) is 3.70. The normalized spacial score (nSPS) is 9.64. The Morgan fingerprint density at radius 3 is 3.00 bits per heavy atom. The standard InChI is InChI=1S/C7H10N2OS/c1-9(7(10)11)5-6-2-3-8-4-6/h2-4,8H,5H2,1H3,(H,10,11). The quantitative estimate of drug-likeness (QED) is 0.648. The van der Waals surface area contributed by atoms with Crippen LogP contribution in [-0.4, -0.2) is 22.2 Å². The Bertz CT molecular complexity index is 233. The number of hydrogen-bond acceptors (Lipinski definition) is 1. The van der Waals surface area contributed by atoms with E-state index < -0.39 is 0 Å². The Kier molecular flexibility index (Phi) is 2.59. The van der Waals surface area contributed by atoms with Gasteiger partial charge in [-0.05, 0) is 11.6 Å². The molecule has 0 fully saturated rings. The van der Waals surface area contributed by atoms with Crippen molar-refractivity contribution in [2.24, 2.45) is 0 Å². The second-order valence-corrected chi connectivity index (χ2v) is 2.74. The molecule has 0 atom stereocenters. The van der Waals surface area contributed by atoms with Gasteiger partial charge in [0.25, 0.3) is 5.24 Å². The van der Waals surface area contributed by atoms with Gasteiger partial charge in [0.2, 0.25) is 0 Å². The van der Waals surface area contributed by atoms with Gasteiger partial charge in [0, 0.05) is 26.0 Å². The SMILES string of the molecule is CN(Cc1cc[nH]c1)C(=O)S. The first-order chi connectivity index (χ1) is 5.20. The fourth-order valence-electron chi connectivity index (χ4n) is 0.798. The summed E-state index contributed by atoms with van der Waals surface area (Å²) in [6.07, 6.45) is 3.68. The fraction of sp³-hybridized carbons (Fsp3) is 0.286. The number of aromatic amines is 1. The number of carbonyl (C=O) groups is 1. The summed E-state index contributed by atoms with van der Waals surface area (Å²) in [6, 6.07) is 1.92.